The predicted molar refractivity (Wildman–Crippen MR) is 125 cm³/mol. The van der Waals surface area contributed by atoms with E-state index in [0.717, 1.165) is 0 Å². The van der Waals surface area contributed by atoms with Crippen LogP contribution < -0.4 is 0 Å². The normalized spacial score (nSPS) is 20.7. The summed E-state index contributed by atoms with van der Waals surface area (Å²) >= 11 is 0. The first-order valence-electron chi connectivity index (χ1n) is 11.0. The molecule has 0 aliphatic carbocycles. The van der Waals surface area contributed by atoms with E-state index in [0.29, 0.717) is 16.6 Å². The van der Waals surface area contributed by atoms with E-state index in [9.17, 15) is 0 Å². The van der Waals surface area contributed by atoms with Crippen LogP contribution in [0.25, 0.3) is 6.08 Å². The number of rotatable bonds is 9. The van der Waals surface area contributed by atoms with E-state index in [4.69, 9.17) is 9.16 Å². The zero-order valence-electron chi connectivity index (χ0n) is 18.7. The van der Waals surface area contributed by atoms with Crippen molar-refractivity contribution in [3.63, 3.8) is 0 Å². The van der Waals surface area contributed by atoms with E-state index in [1.165, 1.54) is 11.1 Å². The van der Waals surface area contributed by atoms with Crippen LogP contribution in [0.4, 0.5) is 0 Å². The summed E-state index contributed by atoms with van der Waals surface area (Å²) in [6.07, 6.45) is 4.60. The summed E-state index contributed by atoms with van der Waals surface area (Å²) in [4.78, 5) is 0. The maximum atomic E-state index is 7.15. The van der Waals surface area contributed by atoms with Gasteiger partial charge in [-0.2, -0.15) is 0 Å². The Morgan fingerprint density at radius 1 is 0.793 bits per heavy atom. The molecular weight excluding hydrogens is 372 g/mol. The summed E-state index contributed by atoms with van der Waals surface area (Å²) in [7, 11) is -2.01. The van der Waals surface area contributed by atoms with Gasteiger partial charge in [0.2, 0.25) is 8.32 Å². The van der Waals surface area contributed by atoms with Crippen LogP contribution in [-0.2, 0) is 9.16 Å². The fourth-order valence-electron chi connectivity index (χ4n) is 4.91. The highest BCUT2D eigenvalue weighted by molar-refractivity contribution is 6.77. The van der Waals surface area contributed by atoms with Gasteiger partial charge in [0.05, 0.1) is 6.10 Å². The second kappa shape index (κ2) is 9.42. The molecule has 0 N–H and O–H groups in total. The van der Waals surface area contributed by atoms with Gasteiger partial charge in [0.25, 0.3) is 0 Å². The lowest BCUT2D eigenvalue weighted by Crippen LogP contribution is -2.50. The van der Waals surface area contributed by atoms with E-state index in [1.807, 2.05) is 0 Å². The largest absolute Gasteiger partial charge is 0.407 e. The van der Waals surface area contributed by atoms with E-state index >= 15 is 0 Å². The SMILES string of the molecule is CC(C)[Si](O[C@H](/C=C/c1ccccc1)[C@H]1O[C@@H]1c1ccccc1)(C(C)C)C(C)C. The molecule has 0 unspecified atom stereocenters. The van der Waals surface area contributed by atoms with Gasteiger partial charge in [-0.3, -0.25) is 0 Å². The van der Waals surface area contributed by atoms with Crippen LogP contribution in [0.2, 0.25) is 16.6 Å². The van der Waals surface area contributed by atoms with Gasteiger partial charge in [0.15, 0.2) is 0 Å². The molecule has 2 aromatic rings. The van der Waals surface area contributed by atoms with E-state index in [1.54, 1.807) is 0 Å². The summed E-state index contributed by atoms with van der Waals surface area (Å²) in [5, 5.41) is 0. The Morgan fingerprint density at radius 3 is 1.83 bits per heavy atom. The summed E-state index contributed by atoms with van der Waals surface area (Å²) < 4.78 is 13.3. The molecule has 0 amide bonds. The van der Waals surface area contributed by atoms with E-state index < -0.39 is 8.32 Å². The summed E-state index contributed by atoms with van der Waals surface area (Å²) in [6, 6.07) is 21.0. The third-order valence-corrected chi connectivity index (χ3v) is 12.4. The molecule has 1 aliphatic heterocycles. The van der Waals surface area contributed by atoms with Crippen LogP contribution in [0.15, 0.2) is 66.7 Å². The molecular formula is C26H36O2Si. The average Bonchev–Trinajstić information content (AvgIpc) is 3.49. The zero-order valence-corrected chi connectivity index (χ0v) is 19.7. The first-order chi connectivity index (χ1) is 13.9. The predicted octanol–water partition coefficient (Wildman–Crippen LogP) is 7.40. The Kier molecular flexibility index (Phi) is 7.15. The third-order valence-electron chi connectivity index (χ3n) is 6.30. The molecule has 3 heteroatoms. The minimum atomic E-state index is -2.01. The zero-order chi connectivity index (χ0) is 21.0. The molecule has 1 fully saturated rings. The van der Waals surface area contributed by atoms with Gasteiger partial charge in [0.1, 0.15) is 12.2 Å². The highest BCUT2D eigenvalue weighted by atomic mass is 28.4. The average molecular weight is 409 g/mol. The number of epoxide rings is 1. The molecule has 0 radical (unpaired) electrons. The molecule has 0 aromatic heterocycles. The van der Waals surface area contributed by atoms with Gasteiger partial charge < -0.3 is 9.16 Å². The lowest BCUT2D eigenvalue weighted by molar-refractivity contribution is 0.176. The smallest absolute Gasteiger partial charge is 0.201 e. The summed E-state index contributed by atoms with van der Waals surface area (Å²) in [5.74, 6) is 0. The van der Waals surface area contributed by atoms with Crippen molar-refractivity contribution in [1.29, 1.82) is 0 Å². The van der Waals surface area contributed by atoms with Crippen LogP contribution in [0.3, 0.4) is 0 Å². The Bertz CT molecular complexity index is 761. The number of benzene rings is 2. The van der Waals surface area contributed by atoms with Crippen LogP contribution in [-0.4, -0.2) is 20.5 Å². The molecule has 156 valence electrons. The maximum Gasteiger partial charge on any atom is 0.201 e. The number of hydrogen-bond acceptors (Lipinski definition) is 2. The van der Waals surface area contributed by atoms with Crippen molar-refractivity contribution in [1.82, 2.24) is 0 Å². The highest BCUT2D eigenvalue weighted by Crippen LogP contribution is 2.48. The molecule has 0 saturated carbocycles. The minimum Gasteiger partial charge on any atom is -0.407 e. The van der Waals surface area contributed by atoms with Crippen molar-refractivity contribution in [2.45, 2.75) is 76.5 Å². The second-order valence-corrected chi connectivity index (χ2v) is 14.5. The molecule has 3 rings (SSSR count). The fraction of sp³-hybridized carbons (Fsp3) is 0.462. The van der Waals surface area contributed by atoms with Gasteiger partial charge in [-0.1, -0.05) is 114 Å². The van der Waals surface area contributed by atoms with Crippen molar-refractivity contribution in [3.05, 3.63) is 77.9 Å². The van der Waals surface area contributed by atoms with Crippen molar-refractivity contribution in [2.24, 2.45) is 0 Å². The molecule has 0 bridgehead atoms. The van der Waals surface area contributed by atoms with Crippen LogP contribution in [0.5, 0.6) is 0 Å². The monoisotopic (exact) mass is 408 g/mol. The van der Waals surface area contributed by atoms with Crippen molar-refractivity contribution in [3.8, 4) is 0 Å². The lowest BCUT2D eigenvalue weighted by Gasteiger charge is -2.44. The Labute approximate surface area is 178 Å². The van der Waals surface area contributed by atoms with Crippen LogP contribution in [0.1, 0.15) is 58.8 Å². The molecule has 3 atom stereocenters. The fourth-order valence-corrected chi connectivity index (χ4v) is 10.4. The number of hydrogen-bond donors (Lipinski definition) is 0. The van der Waals surface area contributed by atoms with Crippen LogP contribution >= 0.6 is 0 Å². The second-order valence-electron chi connectivity index (χ2n) is 9.10. The maximum absolute atomic E-state index is 7.15. The molecule has 1 saturated heterocycles. The molecule has 29 heavy (non-hydrogen) atoms. The first-order valence-corrected chi connectivity index (χ1v) is 13.1. The Hall–Kier alpha value is -1.68. The van der Waals surface area contributed by atoms with Crippen molar-refractivity contribution in [2.75, 3.05) is 0 Å². The lowest BCUT2D eigenvalue weighted by atomic mass is 10.1. The van der Waals surface area contributed by atoms with E-state index in [-0.39, 0.29) is 18.3 Å². The molecule has 2 nitrogen and oxygen atoms in total. The topological polar surface area (TPSA) is 21.8 Å². The van der Waals surface area contributed by atoms with Gasteiger partial charge >= 0.3 is 0 Å². The molecule has 0 spiro atoms. The molecule has 2 aromatic carbocycles. The summed E-state index contributed by atoms with van der Waals surface area (Å²) in [5.41, 5.74) is 4.08. The Morgan fingerprint density at radius 2 is 1.31 bits per heavy atom. The first kappa shape index (κ1) is 22.0. The van der Waals surface area contributed by atoms with Gasteiger partial charge in [-0.05, 0) is 27.8 Å². The van der Waals surface area contributed by atoms with Gasteiger partial charge in [0, 0.05) is 0 Å². The van der Waals surface area contributed by atoms with Crippen molar-refractivity contribution < 1.29 is 9.16 Å². The highest BCUT2D eigenvalue weighted by Gasteiger charge is 2.52. The summed E-state index contributed by atoms with van der Waals surface area (Å²) in [6.45, 7) is 14.0. The minimum absolute atomic E-state index is 0.0284. The third kappa shape index (κ3) is 4.91. The van der Waals surface area contributed by atoms with Crippen LogP contribution in [0, 0.1) is 0 Å². The molecule has 1 heterocycles. The van der Waals surface area contributed by atoms with Crippen molar-refractivity contribution >= 4 is 14.4 Å². The van der Waals surface area contributed by atoms with Gasteiger partial charge in [-0.25, -0.2) is 0 Å². The van der Waals surface area contributed by atoms with Gasteiger partial charge in [-0.15, -0.1) is 0 Å². The molecule has 1 aliphatic rings. The quantitative estimate of drug-likeness (QED) is 0.318. The Balaban J connectivity index is 1.89. The number of ether oxygens (including phenoxy) is 1. The van der Waals surface area contributed by atoms with E-state index in [2.05, 4.69) is 114 Å². The standard InChI is InChI=1S/C26H36O2Si/c1-19(2)29(20(3)4,21(5)6)28-24(18-17-22-13-9-7-10-14-22)26-25(27-26)23-15-11-8-12-16-23/h7-21,24-26H,1-6H3/b18-17+/t24-,25-,26-/m1/s1.